The average molecular weight is 152 g/mol. The van der Waals surface area contributed by atoms with Gasteiger partial charge in [0.05, 0.1) is 0 Å². The Morgan fingerprint density at radius 2 is 1.82 bits per heavy atom. The molecule has 0 heterocycles. The van der Waals surface area contributed by atoms with Crippen molar-refractivity contribution in [1.29, 1.82) is 0 Å². The fraction of sp³-hybridized carbons (Fsp3) is 0.400. The van der Waals surface area contributed by atoms with Gasteiger partial charge < -0.3 is 0 Å². The Kier molecular flexibility index (Phi) is 2.64. The van der Waals surface area contributed by atoms with Crippen LogP contribution in [0.15, 0.2) is 24.3 Å². The maximum Gasteiger partial charge on any atom is 0.123 e. The lowest BCUT2D eigenvalue weighted by molar-refractivity contribution is 0.625. The van der Waals surface area contributed by atoms with Crippen molar-refractivity contribution in [2.75, 3.05) is 0 Å². The van der Waals surface area contributed by atoms with E-state index < -0.39 is 0 Å². The predicted molar refractivity (Wildman–Crippen MR) is 45.1 cm³/mol. The first-order chi connectivity index (χ1) is 5.24. The van der Waals surface area contributed by atoms with Crippen molar-refractivity contribution in [3.63, 3.8) is 0 Å². The van der Waals surface area contributed by atoms with E-state index in [1.165, 1.54) is 17.7 Å². The van der Waals surface area contributed by atoms with Gasteiger partial charge >= 0.3 is 0 Å². The molecular weight excluding hydrogens is 139 g/mol. The highest BCUT2D eigenvalue weighted by Crippen LogP contribution is 2.17. The molecule has 1 heteroatoms. The first-order valence-corrected chi connectivity index (χ1v) is 3.99. The lowest BCUT2D eigenvalue weighted by atomic mass is 9.99. The molecule has 0 aliphatic carbocycles. The zero-order valence-corrected chi connectivity index (χ0v) is 6.97. The third kappa shape index (κ3) is 2.04. The van der Waals surface area contributed by atoms with Crippen LogP contribution in [0, 0.1) is 5.82 Å². The van der Waals surface area contributed by atoms with Gasteiger partial charge in [0.1, 0.15) is 5.82 Å². The van der Waals surface area contributed by atoms with Crippen molar-refractivity contribution in [1.82, 2.24) is 0 Å². The van der Waals surface area contributed by atoms with Crippen LogP contribution in [0.1, 0.15) is 31.7 Å². The van der Waals surface area contributed by atoms with Crippen molar-refractivity contribution in [3.05, 3.63) is 35.6 Å². The topological polar surface area (TPSA) is 0 Å². The number of rotatable bonds is 2. The van der Waals surface area contributed by atoms with Gasteiger partial charge in [-0.15, -0.1) is 0 Å². The van der Waals surface area contributed by atoms with E-state index in [1.54, 1.807) is 0 Å². The molecule has 0 aromatic heterocycles. The summed E-state index contributed by atoms with van der Waals surface area (Å²) in [5, 5.41) is 0. The minimum Gasteiger partial charge on any atom is -0.207 e. The second-order valence-corrected chi connectivity index (χ2v) is 2.86. The van der Waals surface area contributed by atoms with Gasteiger partial charge in [-0.2, -0.15) is 0 Å². The summed E-state index contributed by atoms with van der Waals surface area (Å²) in [5.74, 6) is 0.382. The third-order valence-electron chi connectivity index (χ3n) is 2.05. The second-order valence-electron chi connectivity index (χ2n) is 2.86. The van der Waals surface area contributed by atoms with Crippen molar-refractivity contribution < 1.29 is 4.39 Å². The molecular formula is C10H13F. The molecule has 0 amide bonds. The number of halogens is 1. The van der Waals surface area contributed by atoms with Crippen LogP contribution in [-0.4, -0.2) is 0 Å². The SMILES string of the molecule is CC[C@@H](C)c1ccc(F)cc1. The van der Waals surface area contributed by atoms with Crippen molar-refractivity contribution in [2.24, 2.45) is 0 Å². The van der Waals surface area contributed by atoms with Crippen LogP contribution >= 0.6 is 0 Å². The van der Waals surface area contributed by atoms with E-state index in [9.17, 15) is 4.39 Å². The molecule has 0 radical (unpaired) electrons. The van der Waals surface area contributed by atoms with Gasteiger partial charge in [0.2, 0.25) is 0 Å². The lowest BCUT2D eigenvalue weighted by Crippen LogP contribution is -1.90. The van der Waals surface area contributed by atoms with E-state index in [1.807, 2.05) is 12.1 Å². The molecule has 1 rings (SSSR count). The zero-order valence-electron chi connectivity index (χ0n) is 6.97. The quantitative estimate of drug-likeness (QED) is 0.609. The Morgan fingerprint density at radius 3 is 2.27 bits per heavy atom. The molecule has 60 valence electrons. The molecule has 0 unspecified atom stereocenters. The fourth-order valence-corrected chi connectivity index (χ4v) is 1.03. The Morgan fingerprint density at radius 1 is 1.27 bits per heavy atom. The van der Waals surface area contributed by atoms with Crippen LogP contribution in [-0.2, 0) is 0 Å². The van der Waals surface area contributed by atoms with Crippen LogP contribution in [0.5, 0.6) is 0 Å². The summed E-state index contributed by atoms with van der Waals surface area (Å²) in [6, 6.07) is 6.73. The van der Waals surface area contributed by atoms with Gasteiger partial charge in [0.15, 0.2) is 0 Å². The molecule has 1 aromatic carbocycles. The summed E-state index contributed by atoms with van der Waals surface area (Å²) in [7, 11) is 0. The first-order valence-electron chi connectivity index (χ1n) is 3.99. The van der Waals surface area contributed by atoms with E-state index >= 15 is 0 Å². The minimum atomic E-state index is -0.156. The third-order valence-corrected chi connectivity index (χ3v) is 2.05. The molecule has 0 N–H and O–H groups in total. The molecule has 0 aliphatic rings. The number of hydrogen-bond acceptors (Lipinski definition) is 0. The van der Waals surface area contributed by atoms with Crippen LogP contribution in [0.3, 0.4) is 0 Å². The van der Waals surface area contributed by atoms with Gasteiger partial charge in [0.25, 0.3) is 0 Å². The first kappa shape index (κ1) is 8.25. The minimum absolute atomic E-state index is 0.156. The van der Waals surface area contributed by atoms with Crippen molar-refractivity contribution in [3.8, 4) is 0 Å². The summed E-state index contributed by atoms with van der Waals surface area (Å²) >= 11 is 0. The molecule has 11 heavy (non-hydrogen) atoms. The molecule has 0 saturated carbocycles. The van der Waals surface area contributed by atoms with Gasteiger partial charge in [-0.05, 0) is 30.0 Å². The van der Waals surface area contributed by atoms with Crippen LogP contribution in [0.2, 0.25) is 0 Å². The monoisotopic (exact) mass is 152 g/mol. The predicted octanol–water partition coefficient (Wildman–Crippen LogP) is 3.34. The maximum atomic E-state index is 12.5. The lowest BCUT2D eigenvalue weighted by Gasteiger charge is -2.07. The Bertz CT molecular complexity index is 213. The second kappa shape index (κ2) is 3.51. The Hall–Kier alpha value is -0.850. The smallest absolute Gasteiger partial charge is 0.123 e. The van der Waals surface area contributed by atoms with Crippen LogP contribution < -0.4 is 0 Å². The normalized spacial score (nSPS) is 13.0. The van der Waals surface area contributed by atoms with Crippen molar-refractivity contribution >= 4 is 0 Å². The van der Waals surface area contributed by atoms with E-state index in [-0.39, 0.29) is 5.82 Å². The van der Waals surface area contributed by atoms with E-state index in [0.29, 0.717) is 5.92 Å². The molecule has 0 nitrogen and oxygen atoms in total. The Balaban J connectivity index is 2.81. The molecule has 0 fully saturated rings. The number of benzene rings is 1. The summed E-state index contributed by atoms with van der Waals surface area (Å²) in [6.45, 7) is 4.28. The highest BCUT2D eigenvalue weighted by atomic mass is 19.1. The molecule has 0 spiro atoms. The number of hydrogen-bond donors (Lipinski definition) is 0. The highest BCUT2D eigenvalue weighted by molar-refractivity contribution is 5.19. The molecule has 0 aliphatic heterocycles. The van der Waals surface area contributed by atoms with Crippen LogP contribution in [0.4, 0.5) is 4.39 Å². The molecule has 1 aromatic rings. The van der Waals surface area contributed by atoms with E-state index in [0.717, 1.165) is 6.42 Å². The summed E-state index contributed by atoms with van der Waals surface area (Å²) in [4.78, 5) is 0. The fourth-order valence-electron chi connectivity index (χ4n) is 1.03. The maximum absolute atomic E-state index is 12.5. The van der Waals surface area contributed by atoms with E-state index in [4.69, 9.17) is 0 Å². The van der Waals surface area contributed by atoms with Crippen molar-refractivity contribution in [2.45, 2.75) is 26.2 Å². The standard InChI is InChI=1S/C10H13F/c1-3-8(2)9-4-6-10(11)7-5-9/h4-8H,3H2,1-2H3/t8-/m1/s1. The van der Waals surface area contributed by atoms with Gasteiger partial charge in [-0.3, -0.25) is 0 Å². The summed E-state index contributed by atoms with van der Waals surface area (Å²) in [6.07, 6.45) is 1.10. The Labute approximate surface area is 67.1 Å². The highest BCUT2D eigenvalue weighted by Gasteiger charge is 2.01. The zero-order chi connectivity index (χ0) is 8.27. The van der Waals surface area contributed by atoms with E-state index in [2.05, 4.69) is 13.8 Å². The molecule has 1 atom stereocenters. The molecule has 0 saturated heterocycles. The molecule has 0 bridgehead atoms. The van der Waals surface area contributed by atoms with Crippen LogP contribution in [0.25, 0.3) is 0 Å². The average Bonchev–Trinajstić information content (AvgIpc) is 2.05. The summed E-state index contributed by atoms with van der Waals surface area (Å²) in [5.41, 5.74) is 1.22. The largest absolute Gasteiger partial charge is 0.207 e. The van der Waals surface area contributed by atoms with Gasteiger partial charge in [-0.1, -0.05) is 26.0 Å². The summed E-state index contributed by atoms with van der Waals surface area (Å²) < 4.78 is 12.5. The van der Waals surface area contributed by atoms with Gasteiger partial charge in [-0.25, -0.2) is 4.39 Å². The van der Waals surface area contributed by atoms with Gasteiger partial charge in [0, 0.05) is 0 Å².